The Kier molecular flexibility index (Phi) is 4.54. The number of hydrogen-bond acceptors (Lipinski definition) is 4. The van der Waals surface area contributed by atoms with E-state index in [-0.39, 0.29) is 5.75 Å². The van der Waals surface area contributed by atoms with Crippen molar-refractivity contribution in [3.8, 4) is 5.75 Å². The average Bonchev–Trinajstić information content (AvgIpc) is 2.45. The predicted octanol–water partition coefficient (Wildman–Crippen LogP) is 2.28. The van der Waals surface area contributed by atoms with E-state index in [1.54, 1.807) is 0 Å². The summed E-state index contributed by atoms with van der Waals surface area (Å²) in [6, 6.07) is 8.75. The number of nitrogens with zero attached hydrogens (tertiary/aromatic N) is 2. The molecule has 2 rings (SSSR count). The van der Waals surface area contributed by atoms with Crippen LogP contribution in [0.4, 0.5) is 5.69 Å². The van der Waals surface area contributed by atoms with Gasteiger partial charge in [-0.3, -0.25) is 14.5 Å². The van der Waals surface area contributed by atoms with Crippen LogP contribution in [-0.4, -0.2) is 33.6 Å². The number of amides is 1. The third-order valence-corrected chi connectivity index (χ3v) is 3.11. The van der Waals surface area contributed by atoms with Crippen molar-refractivity contribution in [1.29, 1.82) is 0 Å². The lowest BCUT2D eigenvalue weighted by Crippen LogP contribution is -2.35. The number of phenols is 1. The topological polar surface area (TPSA) is 90.7 Å². The number of carboxylic acid groups (broad SMARTS) is 1. The molecule has 0 aliphatic heterocycles. The summed E-state index contributed by atoms with van der Waals surface area (Å²) in [5.74, 6) is -1.57. The molecule has 0 fully saturated rings. The number of carbonyl (C=O) groups excluding carboxylic acids is 1. The quantitative estimate of drug-likeness (QED) is 0.825. The monoisotopic (exact) mass is 350 g/mol. The van der Waals surface area contributed by atoms with Gasteiger partial charge >= 0.3 is 5.97 Å². The van der Waals surface area contributed by atoms with Crippen LogP contribution in [0.3, 0.4) is 0 Å². The van der Waals surface area contributed by atoms with Crippen molar-refractivity contribution < 1.29 is 19.8 Å². The minimum absolute atomic E-state index is 0.0353. The van der Waals surface area contributed by atoms with Crippen LogP contribution in [0.5, 0.6) is 5.75 Å². The van der Waals surface area contributed by atoms with Gasteiger partial charge < -0.3 is 10.2 Å². The van der Waals surface area contributed by atoms with Crippen LogP contribution in [0.15, 0.2) is 47.2 Å². The maximum atomic E-state index is 12.5. The van der Waals surface area contributed by atoms with Gasteiger partial charge in [0, 0.05) is 17.4 Å². The van der Waals surface area contributed by atoms with Crippen molar-refractivity contribution >= 4 is 33.5 Å². The minimum atomic E-state index is -1.13. The van der Waals surface area contributed by atoms with Gasteiger partial charge in [0.05, 0.1) is 0 Å². The smallest absolute Gasteiger partial charge is 0.323 e. The highest BCUT2D eigenvalue weighted by atomic mass is 79.9. The molecule has 2 aromatic rings. The molecule has 0 saturated heterocycles. The van der Waals surface area contributed by atoms with E-state index in [1.165, 1.54) is 42.6 Å². The van der Waals surface area contributed by atoms with Gasteiger partial charge in [-0.25, -0.2) is 4.98 Å². The number of halogens is 1. The molecule has 0 aliphatic carbocycles. The highest BCUT2D eigenvalue weighted by molar-refractivity contribution is 9.10. The van der Waals surface area contributed by atoms with Crippen molar-refractivity contribution in [2.24, 2.45) is 0 Å². The molecule has 6 nitrogen and oxygen atoms in total. The van der Waals surface area contributed by atoms with Gasteiger partial charge in [0.25, 0.3) is 5.91 Å². The molecule has 21 heavy (non-hydrogen) atoms. The molecule has 108 valence electrons. The molecular weight excluding hydrogens is 340 g/mol. The van der Waals surface area contributed by atoms with Gasteiger partial charge in [-0.2, -0.15) is 0 Å². The molecule has 0 atom stereocenters. The molecule has 1 heterocycles. The van der Waals surface area contributed by atoms with E-state index in [0.29, 0.717) is 15.9 Å². The number of aromatic nitrogens is 1. The summed E-state index contributed by atoms with van der Waals surface area (Å²) in [5, 5.41) is 18.3. The van der Waals surface area contributed by atoms with Crippen molar-refractivity contribution in [1.82, 2.24) is 4.98 Å². The summed E-state index contributed by atoms with van der Waals surface area (Å²) >= 11 is 3.16. The fourth-order valence-corrected chi connectivity index (χ4v) is 2.10. The summed E-state index contributed by atoms with van der Waals surface area (Å²) in [5.41, 5.74) is 0.694. The SMILES string of the molecule is O=C(O)CN(C(=O)c1ccnc(Br)c1)c1ccc(O)cc1. The van der Waals surface area contributed by atoms with E-state index in [0.717, 1.165) is 4.90 Å². The third kappa shape index (κ3) is 3.79. The summed E-state index contributed by atoms with van der Waals surface area (Å²) in [4.78, 5) is 28.5. The van der Waals surface area contributed by atoms with Crippen LogP contribution in [-0.2, 0) is 4.79 Å². The second-order valence-corrected chi connectivity index (χ2v) is 4.98. The molecule has 0 spiro atoms. The molecule has 0 bridgehead atoms. The third-order valence-electron chi connectivity index (χ3n) is 2.67. The maximum Gasteiger partial charge on any atom is 0.323 e. The molecule has 7 heteroatoms. The largest absolute Gasteiger partial charge is 0.508 e. The number of phenolic OH excluding ortho intramolecular Hbond substituents is 1. The van der Waals surface area contributed by atoms with Crippen LogP contribution in [0, 0.1) is 0 Å². The number of aliphatic carboxylic acids is 1. The number of aromatic hydroxyl groups is 1. The summed E-state index contributed by atoms with van der Waals surface area (Å²) in [6.07, 6.45) is 1.45. The summed E-state index contributed by atoms with van der Waals surface area (Å²) in [7, 11) is 0. The van der Waals surface area contributed by atoms with Crippen molar-refractivity contribution in [2.75, 3.05) is 11.4 Å². The van der Waals surface area contributed by atoms with Gasteiger partial charge in [0.15, 0.2) is 0 Å². The Hall–Kier alpha value is -2.41. The second-order valence-electron chi connectivity index (χ2n) is 4.17. The number of benzene rings is 1. The van der Waals surface area contributed by atoms with Crippen molar-refractivity contribution in [2.45, 2.75) is 0 Å². The number of anilines is 1. The first-order chi connectivity index (χ1) is 9.97. The highest BCUT2D eigenvalue weighted by Gasteiger charge is 2.20. The van der Waals surface area contributed by atoms with E-state index in [9.17, 15) is 14.7 Å². The van der Waals surface area contributed by atoms with Crippen LogP contribution in [0.2, 0.25) is 0 Å². The zero-order valence-corrected chi connectivity index (χ0v) is 12.3. The average molecular weight is 351 g/mol. The number of carboxylic acids is 1. The summed E-state index contributed by atoms with van der Waals surface area (Å²) < 4.78 is 0.481. The van der Waals surface area contributed by atoms with Crippen molar-refractivity contribution in [3.63, 3.8) is 0 Å². The first-order valence-corrected chi connectivity index (χ1v) is 6.71. The van der Waals surface area contributed by atoms with Crippen LogP contribution < -0.4 is 4.90 Å². The Labute approximate surface area is 128 Å². The molecule has 0 radical (unpaired) electrons. The zero-order chi connectivity index (χ0) is 15.4. The Morgan fingerprint density at radius 2 is 1.86 bits per heavy atom. The summed E-state index contributed by atoms with van der Waals surface area (Å²) in [6.45, 7) is -0.483. The van der Waals surface area contributed by atoms with Gasteiger partial charge in [-0.15, -0.1) is 0 Å². The van der Waals surface area contributed by atoms with E-state index < -0.39 is 18.4 Å². The number of pyridine rings is 1. The Morgan fingerprint density at radius 3 is 2.43 bits per heavy atom. The van der Waals surface area contributed by atoms with Crippen LogP contribution in [0.25, 0.3) is 0 Å². The van der Waals surface area contributed by atoms with Crippen molar-refractivity contribution in [3.05, 3.63) is 52.8 Å². The van der Waals surface area contributed by atoms with E-state index >= 15 is 0 Å². The Balaban J connectivity index is 2.38. The number of carbonyl (C=O) groups is 2. The van der Waals surface area contributed by atoms with Gasteiger partial charge in [-0.05, 0) is 52.3 Å². The molecule has 0 aliphatic rings. The fraction of sp³-hybridized carbons (Fsp3) is 0.0714. The molecule has 2 N–H and O–H groups in total. The molecular formula is C14H11BrN2O4. The maximum absolute atomic E-state index is 12.5. The first-order valence-electron chi connectivity index (χ1n) is 5.91. The van der Waals surface area contributed by atoms with Gasteiger partial charge in [-0.1, -0.05) is 0 Å². The van der Waals surface area contributed by atoms with Gasteiger partial charge in [0.2, 0.25) is 0 Å². The zero-order valence-electron chi connectivity index (χ0n) is 10.7. The number of rotatable bonds is 4. The molecule has 0 saturated carbocycles. The van der Waals surface area contributed by atoms with Crippen LogP contribution >= 0.6 is 15.9 Å². The van der Waals surface area contributed by atoms with Gasteiger partial charge in [0.1, 0.15) is 16.9 Å². The van der Waals surface area contributed by atoms with E-state index in [2.05, 4.69) is 20.9 Å². The standard InChI is InChI=1S/C14H11BrN2O4/c15-12-7-9(5-6-16-12)14(21)17(8-13(19)20)10-1-3-11(18)4-2-10/h1-7,18H,8H2,(H,19,20). The lowest BCUT2D eigenvalue weighted by molar-refractivity contribution is -0.135. The predicted molar refractivity (Wildman–Crippen MR) is 79.4 cm³/mol. The Bertz CT molecular complexity index is 673. The lowest BCUT2D eigenvalue weighted by atomic mass is 10.2. The molecule has 1 aromatic carbocycles. The molecule has 1 aromatic heterocycles. The number of hydrogen-bond donors (Lipinski definition) is 2. The van der Waals surface area contributed by atoms with Crippen LogP contribution in [0.1, 0.15) is 10.4 Å². The van der Waals surface area contributed by atoms with E-state index in [1.807, 2.05) is 0 Å². The first kappa shape index (κ1) is 15.0. The second kappa shape index (κ2) is 6.36. The minimum Gasteiger partial charge on any atom is -0.508 e. The van der Waals surface area contributed by atoms with E-state index in [4.69, 9.17) is 5.11 Å². The highest BCUT2D eigenvalue weighted by Crippen LogP contribution is 2.21. The lowest BCUT2D eigenvalue weighted by Gasteiger charge is -2.21. The normalized spacial score (nSPS) is 10.1. The Morgan fingerprint density at radius 1 is 1.19 bits per heavy atom. The molecule has 0 unspecified atom stereocenters. The fourth-order valence-electron chi connectivity index (χ4n) is 1.74. The molecule has 1 amide bonds.